The van der Waals surface area contributed by atoms with Crippen LogP contribution < -0.4 is 0 Å². The first-order chi connectivity index (χ1) is 11.7. The van der Waals surface area contributed by atoms with Gasteiger partial charge in [-0.15, -0.1) is 0 Å². The molecule has 0 aliphatic heterocycles. The van der Waals surface area contributed by atoms with Gasteiger partial charge in [0.15, 0.2) is 0 Å². The summed E-state index contributed by atoms with van der Waals surface area (Å²) in [4.78, 5) is 2.12. The fourth-order valence-electron chi connectivity index (χ4n) is 2.65. The van der Waals surface area contributed by atoms with Gasteiger partial charge >= 0.3 is 0 Å². The third kappa shape index (κ3) is 4.03. The number of rotatable bonds is 6. The first-order valence-electron chi connectivity index (χ1n) is 8.25. The van der Waals surface area contributed by atoms with Crippen LogP contribution in [0.5, 0.6) is 0 Å². The SMILES string of the molecule is CN(C)CCO/C=C(\c1ccccc1)c1ccc2ccccc2c1. The third-order valence-electron chi connectivity index (χ3n) is 4.00. The standard InChI is InChI=1S/C22H23NO/c1-23(2)14-15-24-17-22(19-9-4-3-5-10-19)21-13-12-18-8-6-7-11-20(18)16-21/h3-13,16-17H,14-15H2,1-2H3/b22-17+. The number of ether oxygens (including phenoxy) is 1. The fraction of sp³-hybridized carbons (Fsp3) is 0.182. The van der Waals surface area contributed by atoms with E-state index in [2.05, 4.69) is 85.7 Å². The van der Waals surface area contributed by atoms with Crippen molar-refractivity contribution in [2.24, 2.45) is 0 Å². The van der Waals surface area contributed by atoms with Crippen molar-refractivity contribution in [2.45, 2.75) is 0 Å². The van der Waals surface area contributed by atoms with Gasteiger partial charge < -0.3 is 9.64 Å². The Hall–Kier alpha value is -2.58. The van der Waals surface area contributed by atoms with Gasteiger partial charge in [0.2, 0.25) is 0 Å². The molecule has 0 saturated carbocycles. The molecule has 0 amide bonds. The van der Waals surface area contributed by atoms with Crippen molar-refractivity contribution in [1.82, 2.24) is 4.90 Å². The summed E-state index contributed by atoms with van der Waals surface area (Å²) < 4.78 is 5.82. The summed E-state index contributed by atoms with van der Waals surface area (Å²) in [6.07, 6.45) is 1.89. The van der Waals surface area contributed by atoms with E-state index in [4.69, 9.17) is 4.74 Å². The molecule has 3 rings (SSSR count). The molecule has 3 aromatic carbocycles. The maximum absolute atomic E-state index is 5.82. The van der Waals surface area contributed by atoms with E-state index < -0.39 is 0 Å². The van der Waals surface area contributed by atoms with Gasteiger partial charge in [-0.25, -0.2) is 0 Å². The van der Waals surface area contributed by atoms with E-state index in [1.807, 2.05) is 12.3 Å². The summed E-state index contributed by atoms with van der Waals surface area (Å²) in [5.41, 5.74) is 3.45. The molecule has 122 valence electrons. The largest absolute Gasteiger partial charge is 0.499 e. The molecule has 0 atom stereocenters. The minimum atomic E-state index is 0.677. The van der Waals surface area contributed by atoms with Crippen molar-refractivity contribution >= 4 is 16.3 Å². The van der Waals surface area contributed by atoms with Crippen LogP contribution in [-0.4, -0.2) is 32.1 Å². The Morgan fingerprint density at radius 1 is 0.833 bits per heavy atom. The highest BCUT2D eigenvalue weighted by Crippen LogP contribution is 2.26. The number of likely N-dealkylation sites (N-methyl/N-ethyl adjacent to an activating group) is 1. The summed E-state index contributed by atoms with van der Waals surface area (Å²) in [6.45, 7) is 1.58. The molecule has 0 bridgehead atoms. The highest BCUT2D eigenvalue weighted by atomic mass is 16.5. The molecule has 0 unspecified atom stereocenters. The molecule has 24 heavy (non-hydrogen) atoms. The second kappa shape index (κ2) is 7.80. The molecule has 0 heterocycles. The molecule has 2 heteroatoms. The van der Waals surface area contributed by atoms with Gasteiger partial charge in [-0.2, -0.15) is 0 Å². The van der Waals surface area contributed by atoms with Crippen LogP contribution in [0.2, 0.25) is 0 Å². The van der Waals surface area contributed by atoms with Crippen LogP contribution in [0.15, 0.2) is 79.1 Å². The highest BCUT2D eigenvalue weighted by Gasteiger charge is 2.06. The quantitative estimate of drug-likeness (QED) is 0.478. The van der Waals surface area contributed by atoms with Gasteiger partial charge in [-0.05, 0) is 42.1 Å². The lowest BCUT2D eigenvalue weighted by molar-refractivity contribution is 0.213. The van der Waals surface area contributed by atoms with Crippen LogP contribution in [0.3, 0.4) is 0 Å². The Kier molecular flexibility index (Phi) is 5.29. The first-order valence-corrected chi connectivity index (χ1v) is 8.25. The van der Waals surface area contributed by atoms with Crippen LogP contribution in [0.1, 0.15) is 11.1 Å². The molecule has 2 nitrogen and oxygen atoms in total. The molecule has 0 aromatic heterocycles. The van der Waals surface area contributed by atoms with Gasteiger partial charge in [0.1, 0.15) is 0 Å². The van der Waals surface area contributed by atoms with Gasteiger partial charge in [-0.3, -0.25) is 0 Å². The Bertz CT molecular complexity index is 822. The summed E-state index contributed by atoms with van der Waals surface area (Å²) in [6, 6.07) is 25.4. The number of benzene rings is 3. The lowest BCUT2D eigenvalue weighted by atomic mass is 9.97. The zero-order valence-electron chi connectivity index (χ0n) is 14.3. The normalized spacial score (nSPS) is 11.9. The number of hydrogen-bond acceptors (Lipinski definition) is 2. The number of nitrogens with zero attached hydrogens (tertiary/aromatic N) is 1. The van der Waals surface area contributed by atoms with Gasteiger partial charge in [0.05, 0.1) is 12.9 Å². The Labute approximate surface area is 144 Å². The smallest absolute Gasteiger partial charge is 0.1000 e. The van der Waals surface area contributed by atoms with E-state index >= 15 is 0 Å². The summed E-state index contributed by atoms with van der Waals surface area (Å²) >= 11 is 0. The molecule has 0 spiro atoms. The van der Waals surface area contributed by atoms with E-state index in [9.17, 15) is 0 Å². The Morgan fingerprint density at radius 2 is 1.54 bits per heavy atom. The van der Waals surface area contributed by atoms with Crippen molar-refractivity contribution in [1.29, 1.82) is 0 Å². The zero-order chi connectivity index (χ0) is 16.8. The maximum Gasteiger partial charge on any atom is 0.1000 e. The molecule has 3 aromatic rings. The molecule has 0 N–H and O–H groups in total. The van der Waals surface area contributed by atoms with Crippen LogP contribution in [0, 0.1) is 0 Å². The van der Waals surface area contributed by atoms with E-state index in [0.29, 0.717) is 6.61 Å². The zero-order valence-corrected chi connectivity index (χ0v) is 14.3. The average Bonchev–Trinajstić information content (AvgIpc) is 2.62. The monoisotopic (exact) mass is 317 g/mol. The van der Waals surface area contributed by atoms with Crippen LogP contribution in [-0.2, 0) is 4.74 Å². The van der Waals surface area contributed by atoms with Crippen molar-refractivity contribution in [3.05, 3.63) is 90.2 Å². The minimum Gasteiger partial charge on any atom is -0.499 e. The summed E-state index contributed by atoms with van der Waals surface area (Å²) in [5, 5.41) is 2.49. The first kappa shape index (κ1) is 16.3. The minimum absolute atomic E-state index is 0.677. The maximum atomic E-state index is 5.82. The van der Waals surface area contributed by atoms with E-state index in [-0.39, 0.29) is 0 Å². The van der Waals surface area contributed by atoms with Crippen molar-refractivity contribution < 1.29 is 4.74 Å². The molecule has 0 aliphatic rings. The Balaban J connectivity index is 1.95. The van der Waals surface area contributed by atoms with E-state index in [0.717, 1.165) is 17.7 Å². The predicted octanol–water partition coefficient (Wildman–Crippen LogP) is 4.81. The average molecular weight is 317 g/mol. The van der Waals surface area contributed by atoms with Crippen molar-refractivity contribution in [3.63, 3.8) is 0 Å². The molecular weight excluding hydrogens is 294 g/mol. The van der Waals surface area contributed by atoms with Gasteiger partial charge in [0.25, 0.3) is 0 Å². The van der Waals surface area contributed by atoms with Crippen LogP contribution in [0.4, 0.5) is 0 Å². The third-order valence-corrected chi connectivity index (χ3v) is 4.00. The number of fused-ring (bicyclic) bond motifs is 1. The molecule has 0 radical (unpaired) electrons. The topological polar surface area (TPSA) is 12.5 Å². The van der Waals surface area contributed by atoms with E-state index in [1.165, 1.54) is 16.3 Å². The highest BCUT2D eigenvalue weighted by molar-refractivity contribution is 5.89. The second-order valence-electron chi connectivity index (χ2n) is 6.13. The van der Waals surface area contributed by atoms with Gasteiger partial charge in [-0.1, -0.05) is 66.7 Å². The van der Waals surface area contributed by atoms with Crippen LogP contribution >= 0.6 is 0 Å². The van der Waals surface area contributed by atoms with Crippen molar-refractivity contribution in [3.8, 4) is 0 Å². The molecule has 0 aliphatic carbocycles. The van der Waals surface area contributed by atoms with E-state index in [1.54, 1.807) is 0 Å². The van der Waals surface area contributed by atoms with Crippen molar-refractivity contribution in [2.75, 3.05) is 27.2 Å². The second-order valence-corrected chi connectivity index (χ2v) is 6.13. The van der Waals surface area contributed by atoms with Crippen LogP contribution in [0.25, 0.3) is 16.3 Å². The Morgan fingerprint density at radius 3 is 2.29 bits per heavy atom. The lowest BCUT2D eigenvalue weighted by Gasteiger charge is -2.12. The molecule has 0 saturated heterocycles. The lowest BCUT2D eigenvalue weighted by Crippen LogP contribution is -2.16. The summed E-state index contributed by atoms with van der Waals surface area (Å²) in [5.74, 6) is 0. The van der Waals surface area contributed by atoms with Gasteiger partial charge in [0, 0.05) is 12.1 Å². The predicted molar refractivity (Wildman–Crippen MR) is 102 cm³/mol. The fourth-order valence-corrected chi connectivity index (χ4v) is 2.65. The molecule has 0 fully saturated rings. The summed E-state index contributed by atoms with van der Waals surface area (Å²) in [7, 11) is 4.10. The number of hydrogen-bond donors (Lipinski definition) is 0. The molecular formula is C22H23NO.